The van der Waals surface area contributed by atoms with Crippen molar-refractivity contribution < 1.29 is 9.53 Å². The second-order valence-corrected chi connectivity index (χ2v) is 7.18. The molecule has 1 aliphatic rings. The minimum absolute atomic E-state index is 0.157. The van der Waals surface area contributed by atoms with Crippen LogP contribution in [0.25, 0.3) is 0 Å². The third kappa shape index (κ3) is 4.71. The van der Waals surface area contributed by atoms with Crippen molar-refractivity contribution in [1.82, 2.24) is 9.97 Å². The van der Waals surface area contributed by atoms with Crippen LogP contribution in [-0.2, 0) is 0 Å². The molecule has 0 atom stereocenters. The van der Waals surface area contributed by atoms with Crippen LogP contribution >= 0.6 is 0 Å². The van der Waals surface area contributed by atoms with Gasteiger partial charge in [-0.05, 0) is 68.1 Å². The number of nitrogens with zero attached hydrogens (tertiary/aromatic N) is 3. The van der Waals surface area contributed by atoms with E-state index < -0.39 is 0 Å². The van der Waals surface area contributed by atoms with Crippen molar-refractivity contribution in [3.8, 4) is 11.6 Å². The lowest BCUT2D eigenvalue weighted by Gasteiger charge is -2.28. The number of amides is 1. The first-order valence-corrected chi connectivity index (χ1v) is 9.91. The van der Waals surface area contributed by atoms with Crippen molar-refractivity contribution in [3.05, 3.63) is 72.1 Å². The summed E-state index contributed by atoms with van der Waals surface area (Å²) < 4.78 is 5.98. The number of piperidine rings is 1. The van der Waals surface area contributed by atoms with Crippen LogP contribution in [0.1, 0.15) is 35.2 Å². The summed E-state index contributed by atoms with van der Waals surface area (Å²) in [5, 5.41) is 2.91. The summed E-state index contributed by atoms with van der Waals surface area (Å²) in [6.07, 6.45) is 6.88. The summed E-state index contributed by atoms with van der Waals surface area (Å²) in [5.41, 5.74) is 2.44. The van der Waals surface area contributed by atoms with Gasteiger partial charge in [-0.1, -0.05) is 12.1 Å². The van der Waals surface area contributed by atoms with Crippen molar-refractivity contribution in [2.75, 3.05) is 23.3 Å². The van der Waals surface area contributed by atoms with E-state index in [1.807, 2.05) is 31.2 Å². The second-order valence-electron chi connectivity index (χ2n) is 7.18. The summed E-state index contributed by atoms with van der Waals surface area (Å²) >= 11 is 0. The van der Waals surface area contributed by atoms with E-state index in [4.69, 9.17) is 4.74 Å². The molecule has 148 valence electrons. The molecule has 0 spiro atoms. The van der Waals surface area contributed by atoms with E-state index in [1.165, 1.54) is 6.42 Å². The molecular weight excluding hydrogens is 364 g/mol. The summed E-state index contributed by atoms with van der Waals surface area (Å²) in [5.74, 6) is 1.73. The molecule has 1 N–H and O–H groups in total. The van der Waals surface area contributed by atoms with Crippen LogP contribution in [0.5, 0.6) is 11.6 Å². The lowest BCUT2D eigenvalue weighted by molar-refractivity contribution is 0.102. The number of nitrogens with one attached hydrogen (secondary N) is 1. The minimum Gasteiger partial charge on any atom is -0.436 e. The maximum Gasteiger partial charge on any atom is 0.263 e. The zero-order valence-corrected chi connectivity index (χ0v) is 16.5. The second kappa shape index (κ2) is 8.73. The monoisotopic (exact) mass is 388 g/mol. The summed E-state index contributed by atoms with van der Waals surface area (Å²) in [6, 6.07) is 14.8. The van der Waals surface area contributed by atoms with Gasteiger partial charge in [-0.25, -0.2) is 9.97 Å². The Morgan fingerprint density at radius 1 is 1.00 bits per heavy atom. The first kappa shape index (κ1) is 18.9. The highest BCUT2D eigenvalue weighted by atomic mass is 16.5. The van der Waals surface area contributed by atoms with Crippen LogP contribution in [0.15, 0.2) is 60.9 Å². The Hall–Kier alpha value is -3.41. The van der Waals surface area contributed by atoms with Crippen molar-refractivity contribution >= 4 is 17.4 Å². The third-order valence-corrected chi connectivity index (χ3v) is 4.91. The zero-order chi connectivity index (χ0) is 20.1. The third-order valence-electron chi connectivity index (χ3n) is 4.91. The fraction of sp³-hybridized carbons (Fsp3) is 0.261. The van der Waals surface area contributed by atoms with E-state index >= 15 is 0 Å². The van der Waals surface area contributed by atoms with Gasteiger partial charge in [0.2, 0.25) is 0 Å². The Bertz CT molecular complexity index is 982. The molecule has 1 aliphatic heterocycles. The smallest absolute Gasteiger partial charge is 0.263 e. The number of aromatic nitrogens is 2. The van der Waals surface area contributed by atoms with Gasteiger partial charge in [0.25, 0.3) is 11.8 Å². The van der Waals surface area contributed by atoms with Gasteiger partial charge >= 0.3 is 0 Å². The standard InChI is InChI=1S/C23H24N4O2/c1-17-6-5-7-19(16-17)26-22(28)18-8-10-20(11-9-18)29-23-21(24-12-13-25-23)27-14-3-2-4-15-27/h5-13,16H,2-4,14-15H2,1H3,(H,26,28). The molecule has 1 aromatic heterocycles. The first-order chi connectivity index (χ1) is 14.2. The average Bonchev–Trinajstić information content (AvgIpc) is 2.75. The predicted molar refractivity (Wildman–Crippen MR) is 114 cm³/mol. The quantitative estimate of drug-likeness (QED) is 0.679. The van der Waals surface area contributed by atoms with Gasteiger partial charge in [0.05, 0.1) is 0 Å². The van der Waals surface area contributed by atoms with Crippen LogP contribution in [0, 0.1) is 6.92 Å². The maximum atomic E-state index is 12.5. The van der Waals surface area contributed by atoms with Crippen LogP contribution in [0.4, 0.5) is 11.5 Å². The van der Waals surface area contributed by atoms with Gasteiger partial charge < -0.3 is 15.0 Å². The highest BCUT2D eigenvalue weighted by Crippen LogP contribution is 2.30. The normalized spacial score (nSPS) is 13.8. The van der Waals surface area contributed by atoms with Gasteiger partial charge in [-0.2, -0.15) is 0 Å². The number of carbonyl (C=O) groups is 1. The average molecular weight is 388 g/mol. The van der Waals surface area contributed by atoms with Gasteiger partial charge in [0, 0.05) is 36.7 Å². The van der Waals surface area contributed by atoms with E-state index in [1.54, 1.807) is 36.7 Å². The number of carbonyl (C=O) groups excluding carboxylic acids is 1. The van der Waals surface area contributed by atoms with Crippen molar-refractivity contribution in [1.29, 1.82) is 0 Å². The molecule has 6 heteroatoms. The lowest BCUT2D eigenvalue weighted by Crippen LogP contribution is -2.30. The number of anilines is 2. The summed E-state index contributed by atoms with van der Waals surface area (Å²) in [4.78, 5) is 23.5. The Kier molecular flexibility index (Phi) is 5.70. The van der Waals surface area contributed by atoms with E-state index in [0.717, 1.165) is 43.0 Å². The number of aryl methyl sites for hydroxylation is 1. The molecule has 2 aromatic carbocycles. The van der Waals surface area contributed by atoms with Crippen LogP contribution in [-0.4, -0.2) is 29.0 Å². The summed E-state index contributed by atoms with van der Waals surface area (Å²) in [6.45, 7) is 3.92. The largest absolute Gasteiger partial charge is 0.436 e. The molecule has 1 saturated heterocycles. The Labute approximate surface area is 170 Å². The van der Waals surface area contributed by atoms with Gasteiger partial charge in [-0.15, -0.1) is 0 Å². The van der Waals surface area contributed by atoms with E-state index in [0.29, 0.717) is 17.2 Å². The Morgan fingerprint density at radius 3 is 2.52 bits per heavy atom. The number of rotatable bonds is 5. The maximum absolute atomic E-state index is 12.5. The molecule has 0 bridgehead atoms. The van der Waals surface area contributed by atoms with Gasteiger partial charge in [0.1, 0.15) is 5.75 Å². The molecule has 6 nitrogen and oxygen atoms in total. The molecule has 0 saturated carbocycles. The number of benzene rings is 2. The van der Waals surface area contributed by atoms with Crippen LogP contribution in [0.3, 0.4) is 0 Å². The van der Waals surface area contributed by atoms with Crippen molar-refractivity contribution in [2.45, 2.75) is 26.2 Å². The number of hydrogen-bond acceptors (Lipinski definition) is 5. The predicted octanol–water partition coefficient (Wildman–Crippen LogP) is 4.82. The molecule has 4 rings (SSSR count). The molecule has 0 unspecified atom stereocenters. The molecule has 1 fully saturated rings. The summed E-state index contributed by atoms with van der Waals surface area (Å²) in [7, 11) is 0. The molecular formula is C23H24N4O2. The van der Waals surface area contributed by atoms with Gasteiger partial charge in [-0.3, -0.25) is 4.79 Å². The van der Waals surface area contributed by atoms with E-state index in [-0.39, 0.29) is 5.91 Å². The van der Waals surface area contributed by atoms with Crippen LogP contribution in [0.2, 0.25) is 0 Å². The van der Waals surface area contributed by atoms with Crippen LogP contribution < -0.4 is 15.0 Å². The molecule has 0 aliphatic carbocycles. The lowest BCUT2D eigenvalue weighted by atomic mass is 10.1. The van der Waals surface area contributed by atoms with E-state index in [2.05, 4.69) is 20.2 Å². The highest BCUT2D eigenvalue weighted by Gasteiger charge is 2.18. The molecule has 29 heavy (non-hydrogen) atoms. The Morgan fingerprint density at radius 2 is 1.76 bits per heavy atom. The molecule has 1 amide bonds. The number of hydrogen-bond donors (Lipinski definition) is 1. The minimum atomic E-state index is -0.157. The molecule has 2 heterocycles. The fourth-order valence-corrected chi connectivity index (χ4v) is 3.42. The number of ether oxygens (including phenoxy) is 1. The van der Waals surface area contributed by atoms with E-state index in [9.17, 15) is 4.79 Å². The fourth-order valence-electron chi connectivity index (χ4n) is 3.42. The molecule has 3 aromatic rings. The SMILES string of the molecule is Cc1cccc(NC(=O)c2ccc(Oc3nccnc3N3CCCCC3)cc2)c1. The first-order valence-electron chi connectivity index (χ1n) is 9.91. The van der Waals surface area contributed by atoms with Crippen molar-refractivity contribution in [3.63, 3.8) is 0 Å². The van der Waals surface area contributed by atoms with Crippen molar-refractivity contribution in [2.24, 2.45) is 0 Å². The van der Waals surface area contributed by atoms with Gasteiger partial charge in [0.15, 0.2) is 5.82 Å². The Balaban J connectivity index is 1.45. The topological polar surface area (TPSA) is 67.3 Å². The zero-order valence-electron chi connectivity index (χ0n) is 16.5. The molecule has 0 radical (unpaired) electrons. The highest BCUT2D eigenvalue weighted by molar-refractivity contribution is 6.04.